The predicted molar refractivity (Wildman–Crippen MR) is 79.5 cm³/mol. The molecule has 1 aliphatic heterocycles. The van der Waals surface area contributed by atoms with Gasteiger partial charge in [-0.05, 0) is 12.1 Å². The monoisotopic (exact) mass is 315 g/mol. The van der Waals surface area contributed by atoms with Gasteiger partial charge in [-0.1, -0.05) is 29.3 Å². The Balaban J connectivity index is 1.81. The largest absolute Gasteiger partial charge is 0.379 e. The molecule has 5 nitrogen and oxygen atoms in total. The first-order chi connectivity index (χ1) is 9.65. The maximum absolute atomic E-state index is 11.7. The molecular formula is C13H15Cl2N3O2. The number of amides is 1. The van der Waals surface area contributed by atoms with Crippen molar-refractivity contribution in [2.24, 2.45) is 5.10 Å². The number of rotatable bonds is 4. The lowest BCUT2D eigenvalue weighted by Crippen LogP contribution is -2.42. The lowest BCUT2D eigenvalue weighted by molar-refractivity contribution is -0.123. The molecule has 1 aromatic rings. The smallest absolute Gasteiger partial charge is 0.254 e. The van der Waals surface area contributed by atoms with Gasteiger partial charge in [-0.3, -0.25) is 9.69 Å². The zero-order chi connectivity index (χ0) is 14.4. The van der Waals surface area contributed by atoms with Gasteiger partial charge in [0, 0.05) is 23.7 Å². The van der Waals surface area contributed by atoms with Gasteiger partial charge in [0.2, 0.25) is 0 Å². The molecule has 1 amide bonds. The van der Waals surface area contributed by atoms with Crippen LogP contribution in [-0.4, -0.2) is 49.9 Å². The quantitative estimate of drug-likeness (QED) is 0.680. The van der Waals surface area contributed by atoms with Crippen molar-refractivity contribution < 1.29 is 9.53 Å². The molecule has 108 valence electrons. The maximum Gasteiger partial charge on any atom is 0.254 e. The van der Waals surface area contributed by atoms with E-state index >= 15 is 0 Å². The van der Waals surface area contributed by atoms with E-state index in [2.05, 4.69) is 10.5 Å². The van der Waals surface area contributed by atoms with Crippen molar-refractivity contribution >= 4 is 35.3 Å². The normalized spacial score (nSPS) is 16.5. The number of benzene rings is 1. The molecule has 1 fully saturated rings. The average Bonchev–Trinajstić information content (AvgIpc) is 2.42. The Hall–Kier alpha value is -1.14. The van der Waals surface area contributed by atoms with Crippen LogP contribution in [0.25, 0.3) is 0 Å². The fourth-order valence-corrected chi connectivity index (χ4v) is 2.24. The highest BCUT2D eigenvalue weighted by atomic mass is 35.5. The van der Waals surface area contributed by atoms with Crippen molar-refractivity contribution in [2.45, 2.75) is 0 Å². The van der Waals surface area contributed by atoms with Crippen LogP contribution >= 0.6 is 23.2 Å². The van der Waals surface area contributed by atoms with Crippen LogP contribution in [0.3, 0.4) is 0 Å². The van der Waals surface area contributed by atoms with Crippen molar-refractivity contribution in [3.05, 3.63) is 33.8 Å². The lowest BCUT2D eigenvalue weighted by Gasteiger charge is -2.25. The molecule has 0 spiro atoms. The molecule has 20 heavy (non-hydrogen) atoms. The number of ether oxygens (including phenoxy) is 1. The van der Waals surface area contributed by atoms with E-state index in [0.29, 0.717) is 35.4 Å². The number of morpholine rings is 1. The minimum atomic E-state index is -0.159. The van der Waals surface area contributed by atoms with Gasteiger partial charge < -0.3 is 4.74 Å². The second-order valence-corrected chi connectivity index (χ2v) is 5.19. The first-order valence-electron chi connectivity index (χ1n) is 6.22. The summed E-state index contributed by atoms with van der Waals surface area (Å²) in [5.41, 5.74) is 3.17. The highest BCUT2D eigenvalue weighted by Crippen LogP contribution is 2.19. The van der Waals surface area contributed by atoms with Gasteiger partial charge in [-0.25, -0.2) is 5.43 Å². The average molecular weight is 316 g/mol. The van der Waals surface area contributed by atoms with E-state index in [4.69, 9.17) is 27.9 Å². The van der Waals surface area contributed by atoms with Crippen LogP contribution in [0.15, 0.2) is 23.3 Å². The van der Waals surface area contributed by atoms with Crippen LogP contribution in [0.2, 0.25) is 10.0 Å². The zero-order valence-corrected chi connectivity index (χ0v) is 12.3. The summed E-state index contributed by atoms with van der Waals surface area (Å²) >= 11 is 11.8. The summed E-state index contributed by atoms with van der Waals surface area (Å²) in [6, 6.07) is 5.08. The summed E-state index contributed by atoms with van der Waals surface area (Å²) in [7, 11) is 0. The number of nitrogens with one attached hydrogen (secondary N) is 1. The Kier molecular flexibility index (Phi) is 5.79. The maximum atomic E-state index is 11.7. The van der Waals surface area contributed by atoms with E-state index in [-0.39, 0.29) is 5.91 Å². The fraction of sp³-hybridized carbons (Fsp3) is 0.385. The molecule has 1 saturated heterocycles. The Morgan fingerprint density at radius 1 is 1.40 bits per heavy atom. The van der Waals surface area contributed by atoms with E-state index in [9.17, 15) is 4.79 Å². The topological polar surface area (TPSA) is 53.9 Å². The van der Waals surface area contributed by atoms with Gasteiger partial charge >= 0.3 is 0 Å². The van der Waals surface area contributed by atoms with E-state index in [0.717, 1.165) is 13.1 Å². The molecule has 1 aliphatic rings. The van der Waals surface area contributed by atoms with Crippen LogP contribution in [0, 0.1) is 0 Å². The van der Waals surface area contributed by atoms with E-state index in [1.807, 2.05) is 4.90 Å². The van der Waals surface area contributed by atoms with Gasteiger partial charge in [0.05, 0.1) is 31.0 Å². The molecule has 1 heterocycles. The third-order valence-corrected chi connectivity index (χ3v) is 3.39. The second-order valence-electron chi connectivity index (χ2n) is 4.35. The van der Waals surface area contributed by atoms with Crippen molar-refractivity contribution in [3.63, 3.8) is 0 Å². The summed E-state index contributed by atoms with van der Waals surface area (Å²) in [5.74, 6) is -0.159. The van der Waals surface area contributed by atoms with Crippen LogP contribution in [0.5, 0.6) is 0 Å². The zero-order valence-electron chi connectivity index (χ0n) is 10.8. The van der Waals surface area contributed by atoms with Crippen LogP contribution < -0.4 is 5.43 Å². The summed E-state index contributed by atoms with van der Waals surface area (Å²) in [4.78, 5) is 13.7. The van der Waals surface area contributed by atoms with E-state index in [1.165, 1.54) is 6.21 Å². The molecule has 0 aliphatic carbocycles. The fourth-order valence-electron chi connectivity index (χ4n) is 1.78. The molecule has 0 radical (unpaired) electrons. The summed E-state index contributed by atoms with van der Waals surface area (Å²) < 4.78 is 5.21. The molecule has 0 aromatic heterocycles. The van der Waals surface area contributed by atoms with Crippen LogP contribution in [0.4, 0.5) is 0 Å². The third kappa shape index (κ3) is 4.76. The number of halogens is 2. The molecule has 0 saturated carbocycles. The number of hydrogen-bond donors (Lipinski definition) is 1. The Morgan fingerprint density at radius 2 is 2.15 bits per heavy atom. The van der Waals surface area contributed by atoms with Gasteiger partial charge in [-0.15, -0.1) is 0 Å². The molecule has 7 heteroatoms. The Labute approximate surface area is 127 Å². The first-order valence-corrected chi connectivity index (χ1v) is 6.98. The van der Waals surface area contributed by atoms with Gasteiger partial charge in [-0.2, -0.15) is 5.10 Å². The molecule has 1 aromatic carbocycles. The van der Waals surface area contributed by atoms with Gasteiger partial charge in [0.15, 0.2) is 0 Å². The standard InChI is InChI=1S/C13H15Cl2N3O2/c14-11-2-1-10(12(15)7-11)8-16-17-13(19)9-18-3-5-20-6-4-18/h1-2,7-8H,3-6,9H2,(H,17,19)/b16-8-. The lowest BCUT2D eigenvalue weighted by atomic mass is 10.2. The van der Waals surface area contributed by atoms with Gasteiger partial charge in [0.1, 0.15) is 0 Å². The molecule has 0 bridgehead atoms. The molecule has 0 atom stereocenters. The van der Waals surface area contributed by atoms with Crippen LogP contribution in [-0.2, 0) is 9.53 Å². The first kappa shape index (κ1) is 15.3. The van der Waals surface area contributed by atoms with Crippen molar-refractivity contribution in [1.29, 1.82) is 0 Å². The number of hydrogen-bond acceptors (Lipinski definition) is 4. The summed E-state index contributed by atoms with van der Waals surface area (Å²) in [6.07, 6.45) is 1.50. The highest BCUT2D eigenvalue weighted by molar-refractivity contribution is 6.36. The van der Waals surface area contributed by atoms with Crippen molar-refractivity contribution in [1.82, 2.24) is 10.3 Å². The predicted octanol–water partition coefficient (Wildman–Crippen LogP) is 1.78. The molecule has 2 rings (SSSR count). The number of nitrogens with zero attached hydrogens (tertiary/aromatic N) is 2. The minimum Gasteiger partial charge on any atom is -0.379 e. The molecule has 1 N–H and O–H groups in total. The summed E-state index contributed by atoms with van der Waals surface area (Å²) in [6.45, 7) is 3.17. The number of carbonyl (C=O) groups is 1. The van der Waals surface area contributed by atoms with Gasteiger partial charge in [0.25, 0.3) is 5.91 Å². The molecular weight excluding hydrogens is 301 g/mol. The third-order valence-electron chi connectivity index (χ3n) is 2.83. The molecule has 0 unspecified atom stereocenters. The SMILES string of the molecule is O=C(CN1CCOCC1)N/N=C\c1ccc(Cl)cc1Cl. The Bertz CT molecular complexity index is 502. The highest BCUT2D eigenvalue weighted by Gasteiger charge is 2.13. The summed E-state index contributed by atoms with van der Waals surface area (Å²) in [5, 5.41) is 4.94. The van der Waals surface area contributed by atoms with E-state index in [1.54, 1.807) is 18.2 Å². The minimum absolute atomic E-state index is 0.159. The van der Waals surface area contributed by atoms with Crippen LogP contribution in [0.1, 0.15) is 5.56 Å². The Morgan fingerprint density at radius 3 is 2.85 bits per heavy atom. The van der Waals surface area contributed by atoms with E-state index < -0.39 is 0 Å². The van der Waals surface area contributed by atoms with Crippen molar-refractivity contribution in [3.8, 4) is 0 Å². The number of carbonyl (C=O) groups excluding carboxylic acids is 1. The van der Waals surface area contributed by atoms with Crippen molar-refractivity contribution in [2.75, 3.05) is 32.8 Å². The second kappa shape index (κ2) is 7.59. The number of hydrazone groups is 1.